The van der Waals surface area contributed by atoms with Crippen molar-refractivity contribution in [2.24, 2.45) is 0 Å². The first-order valence-electron chi connectivity index (χ1n) is 11.2. The van der Waals surface area contributed by atoms with Crippen molar-refractivity contribution in [2.45, 2.75) is 43.9 Å². The van der Waals surface area contributed by atoms with Crippen LogP contribution in [0.15, 0.2) is 60.9 Å². The maximum atomic E-state index is 11.3. The van der Waals surface area contributed by atoms with Gasteiger partial charge in [0.1, 0.15) is 18.0 Å². The van der Waals surface area contributed by atoms with E-state index in [4.69, 9.17) is 0 Å². The van der Waals surface area contributed by atoms with E-state index in [2.05, 4.69) is 45.8 Å². The topological polar surface area (TPSA) is 104 Å². The van der Waals surface area contributed by atoms with Gasteiger partial charge in [-0.25, -0.2) is 18.1 Å². The van der Waals surface area contributed by atoms with E-state index in [1.807, 2.05) is 24.3 Å². The first-order chi connectivity index (χ1) is 16.2. The summed E-state index contributed by atoms with van der Waals surface area (Å²) in [5, 5.41) is 19.6. The third-order valence-electron chi connectivity index (χ3n) is 6.08. The normalized spacial score (nSPS) is 19.5. The summed E-state index contributed by atoms with van der Waals surface area (Å²) < 4.78 is 27.0. The highest BCUT2D eigenvalue weighted by Crippen LogP contribution is 2.37. The molecule has 3 N–H and O–H groups in total. The second-order valence-corrected chi connectivity index (χ2v) is 10.6. The van der Waals surface area contributed by atoms with Crippen LogP contribution in [0.3, 0.4) is 0 Å². The van der Waals surface area contributed by atoms with Crippen molar-refractivity contribution < 1.29 is 18.6 Å². The van der Waals surface area contributed by atoms with Crippen molar-refractivity contribution in [2.75, 3.05) is 12.9 Å². The second kappa shape index (κ2) is 10.1. The van der Waals surface area contributed by atoms with Gasteiger partial charge >= 0.3 is 0 Å². The average molecular weight is 480 g/mol. The third kappa shape index (κ3) is 5.75. The smallest absolute Gasteiger partial charge is 0.208 e. The van der Waals surface area contributed by atoms with Crippen LogP contribution in [-0.4, -0.2) is 47.1 Å². The number of hydrogen-bond donors (Lipinski definition) is 3. The lowest BCUT2D eigenvalue weighted by Gasteiger charge is -2.35. The molecule has 0 saturated heterocycles. The highest BCUT2D eigenvalue weighted by molar-refractivity contribution is 7.88. The number of nitrogens with zero attached hydrogens (tertiary/aromatic N) is 2. The number of hydrogen-bond acceptors (Lipinski definition) is 5. The van der Waals surface area contributed by atoms with Gasteiger partial charge in [-0.3, -0.25) is 0 Å². The minimum absolute atomic E-state index is 0.0335. The summed E-state index contributed by atoms with van der Waals surface area (Å²) in [6.45, 7) is 1.45. The van der Waals surface area contributed by atoms with Crippen LogP contribution in [0.5, 0.6) is 0 Å². The van der Waals surface area contributed by atoms with Gasteiger partial charge in [0.2, 0.25) is 10.0 Å². The van der Waals surface area contributed by atoms with Gasteiger partial charge in [0.25, 0.3) is 0 Å². The highest BCUT2D eigenvalue weighted by atomic mass is 32.2. The van der Waals surface area contributed by atoms with Gasteiger partial charge < -0.3 is 14.8 Å². The number of nitrogens with one attached hydrogen (secondary N) is 1. The van der Waals surface area contributed by atoms with Crippen molar-refractivity contribution in [1.29, 1.82) is 0 Å². The van der Waals surface area contributed by atoms with Gasteiger partial charge in [-0.15, -0.1) is 0 Å². The Morgan fingerprint density at radius 1 is 1.12 bits per heavy atom. The molecule has 0 radical (unpaired) electrons. The summed E-state index contributed by atoms with van der Waals surface area (Å²) in [4.78, 5) is 4.14. The Bertz CT molecular complexity index is 1280. The van der Waals surface area contributed by atoms with Crippen molar-refractivity contribution in [3.8, 4) is 23.0 Å². The molecule has 0 spiro atoms. The molecule has 0 unspecified atom stereocenters. The maximum absolute atomic E-state index is 11.3. The molecule has 2 atom stereocenters. The Morgan fingerprint density at radius 3 is 2.29 bits per heavy atom. The number of aromatic nitrogens is 2. The molecule has 4 rings (SSSR count). The van der Waals surface area contributed by atoms with E-state index in [1.54, 1.807) is 23.9 Å². The molecule has 1 fully saturated rings. The standard InChI is InChI=1S/C26H29N3O4S/c1-18(31)26-27-13-14-29(26)25(17-30)12-5-19-3-6-20(7-4-19)21-8-10-22(11-9-21)23-15-24(16-23)28-34(2,32)33/h3-4,6-11,13-14,18,23-25,28,30-31H,15-17H2,1-2H3/t18-,23?,24?,25-/m0/s1. The number of aliphatic hydroxyl groups is 2. The molecule has 3 aromatic rings. The molecular formula is C26H29N3O4S. The maximum Gasteiger partial charge on any atom is 0.208 e. The lowest BCUT2D eigenvalue weighted by Crippen LogP contribution is -2.42. The van der Waals surface area contributed by atoms with Gasteiger partial charge in [0.15, 0.2) is 0 Å². The van der Waals surface area contributed by atoms with Crippen molar-refractivity contribution in [3.05, 3.63) is 77.9 Å². The van der Waals surface area contributed by atoms with Crippen LogP contribution in [0.4, 0.5) is 0 Å². The van der Waals surface area contributed by atoms with Crippen molar-refractivity contribution in [1.82, 2.24) is 14.3 Å². The Balaban J connectivity index is 1.40. The number of aliphatic hydroxyl groups excluding tert-OH is 2. The first kappa shape index (κ1) is 24.2. The Labute approximate surface area is 200 Å². The van der Waals surface area contributed by atoms with E-state index in [0.29, 0.717) is 11.7 Å². The van der Waals surface area contributed by atoms with Crippen LogP contribution in [0, 0.1) is 11.8 Å². The number of sulfonamides is 1. The molecule has 1 aromatic heterocycles. The molecular weight excluding hydrogens is 450 g/mol. The van der Waals surface area contributed by atoms with E-state index >= 15 is 0 Å². The van der Waals surface area contributed by atoms with Crippen LogP contribution in [-0.2, 0) is 10.0 Å². The monoisotopic (exact) mass is 479 g/mol. The molecule has 1 aliphatic rings. The fourth-order valence-electron chi connectivity index (χ4n) is 4.26. The number of rotatable bonds is 7. The fourth-order valence-corrected chi connectivity index (χ4v) is 5.06. The van der Waals surface area contributed by atoms with E-state index < -0.39 is 22.2 Å². The molecule has 2 aromatic carbocycles. The largest absolute Gasteiger partial charge is 0.393 e. The Kier molecular flexibility index (Phi) is 7.19. The van der Waals surface area contributed by atoms with Crippen LogP contribution in [0.2, 0.25) is 0 Å². The SMILES string of the molecule is C[C@H](O)c1nccn1[C@@H](C#Cc1ccc(-c2ccc(C3CC(NS(C)(=O)=O)C3)cc2)cc1)CO. The van der Waals surface area contributed by atoms with Gasteiger partial charge in [0.05, 0.1) is 12.9 Å². The minimum atomic E-state index is -3.15. The summed E-state index contributed by atoms with van der Waals surface area (Å²) in [6, 6.07) is 15.9. The molecule has 8 heteroatoms. The molecule has 1 saturated carbocycles. The average Bonchev–Trinajstić information content (AvgIpc) is 3.27. The zero-order chi connectivity index (χ0) is 24.3. The molecule has 1 heterocycles. The second-order valence-electron chi connectivity index (χ2n) is 8.79. The quantitative estimate of drug-likeness (QED) is 0.452. The molecule has 0 amide bonds. The van der Waals surface area contributed by atoms with Gasteiger partial charge in [0, 0.05) is 24.0 Å². The molecule has 1 aliphatic carbocycles. The zero-order valence-corrected chi connectivity index (χ0v) is 20.0. The predicted octanol–water partition coefficient (Wildman–Crippen LogP) is 2.98. The summed E-state index contributed by atoms with van der Waals surface area (Å²) in [6.07, 6.45) is 5.40. The van der Waals surface area contributed by atoms with Crippen molar-refractivity contribution in [3.63, 3.8) is 0 Å². The number of benzene rings is 2. The summed E-state index contributed by atoms with van der Waals surface area (Å²) in [5.74, 6) is 7.01. The van der Waals surface area contributed by atoms with E-state index in [9.17, 15) is 18.6 Å². The first-order valence-corrected chi connectivity index (χ1v) is 13.1. The van der Waals surface area contributed by atoms with Crippen LogP contribution in [0.25, 0.3) is 11.1 Å². The summed E-state index contributed by atoms with van der Waals surface area (Å²) >= 11 is 0. The predicted molar refractivity (Wildman–Crippen MR) is 131 cm³/mol. The van der Waals surface area contributed by atoms with Gasteiger partial charge in [-0.2, -0.15) is 0 Å². The Hall–Kier alpha value is -2.96. The van der Waals surface area contributed by atoms with Crippen molar-refractivity contribution >= 4 is 10.0 Å². The van der Waals surface area contributed by atoms with Crippen LogP contribution >= 0.6 is 0 Å². The molecule has 0 aliphatic heterocycles. The third-order valence-corrected chi connectivity index (χ3v) is 6.84. The molecule has 34 heavy (non-hydrogen) atoms. The summed E-state index contributed by atoms with van der Waals surface area (Å²) in [5.41, 5.74) is 4.23. The Morgan fingerprint density at radius 2 is 1.74 bits per heavy atom. The van der Waals surface area contributed by atoms with Gasteiger partial charge in [-0.1, -0.05) is 48.2 Å². The molecule has 0 bridgehead atoms. The van der Waals surface area contributed by atoms with E-state index in [1.165, 1.54) is 11.8 Å². The fraction of sp³-hybridized carbons (Fsp3) is 0.346. The molecule has 7 nitrogen and oxygen atoms in total. The number of imidazole rings is 1. The lowest BCUT2D eigenvalue weighted by molar-refractivity contribution is 0.176. The highest BCUT2D eigenvalue weighted by Gasteiger charge is 2.31. The molecule has 178 valence electrons. The van der Waals surface area contributed by atoms with E-state index in [0.717, 1.165) is 29.5 Å². The van der Waals surface area contributed by atoms with Crippen LogP contribution in [0.1, 0.15) is 54.8 Å². The van der Waals surface area contributed by atoms with Gasteiger partial charge in [-0.05, 0) is 54.5 Å². The van der Waals surface area contributed by atoms with E-state index in [-0.39, 0.29) is 12.6 Å². The van der Waals surface area contributed by atoms with Crippen LogP contribution < -0.4 is 4.72 Å². The minimum Gasteiger partial charge on any atom is -0.393 e. The zero-order valence-electron chi connectivity index (χ0n) is 19.2. The summed E-state index contributed by atoms with van der Waals surface area (Å²) in [7, 11) is -3.15. The lowest BCUT2D eigenvalue weighted by atomic mass is 9.76.